The highest BCUT2D eigenvalue weighted by atomic mass is 16.6. The van der Waals surface area contributed by atoms with Gasteiger partial charge in [0.05, 0.1) is 24.2 Å². The Morgan fingerprint density at radius 3 is 2.58 bits per heavy atom. The van der Waals surface area contributed by atoms with E-state index in [1.165, 1.54) is 12.1 Å². The fourth-order valence-electron chi connectivity index (χ4n) is 3.29. The molecule has 2 aromatic rings. The number of nitro benzene ring substituents is 1. The number of hydrogen-bond acceptors (Lipinski definition) is 7. The van der Waals surface area contributed by atoms with Crippen molar-refractivity contribution >= 4 is 5.69 Å². The monoisotopic (exact) mass is 432 g/mol. The number of aliphatic hydroxyl groups excluding tert-OH is 2. The van der Waals surface area contributed by atoms with E-state index < -0.39 is 6.10 Å². The average Bonchev–Trinajstić information content (AvgIpc) is 2.77. The average molecular weight is 433 g/mol. The van der Waals surface area contributed by atoms with Crippen LogP contribution in [0.2, 0.25) is 0 Å². The lowest BCUT2D eigenvalue weighted by molar-refractivity contribution is -0.385. The molecular weight excluding hydrogens is 400 g/mol. The van der Waals surface area contributed by atoms with Gasteiger partial charge in [-0.05, 0) is 37.1 Å². The lowest BCUT2D eigenvalue weighted by Crippen LogP contribution is -2.22. The maximum Gasteiger partial charge on any atom is 0.272 e. The molecule has 0 radical (unpaired) electrons. The molecule has 0 heterocycles. The summed E-state index contributed by atoms with van der Waals surface area (Å²) in [7, 11) is 0. The molecule has 170 valence electrons. The van der Waals surface area contributed by atoms with Crippen LogP contribution in [0.15, 0.2) is 42.5 Å². The van der Waals surface area contributed by atoms with E-state index in [0.717, 1.165) is 32.2 Å². The number of nitrogens with one attached hydrogen (secondary N) is 1. The molecule has 0 aromatic heterocycles. The second kappa shape index (κ2) is 13.7. The summed E-state index contributed by atoms with van der Waals surface area (Å²) in [6.07, 6.45) is 3.85. The first-order valence-corrected chi connectivity index (χ1v) is 10.6. The number of unbranched alkanes of at least 4 members (excludes halogenated alkanes) is 3. The number of nitrogens with zero attached hydrogens (tertiary/aromatic N) is 1. The Kier molecular flexibility index (Phi) is 10.9. The van der Waals surface area contributed by atoms with Crippen molar-refractivity contribution < 1.29 is 25.0 Å². The number of phenols is 1. The van der Waals surface area contributed by atoms with Crippen LogP contribution < -0.4 is 5.32 Å². The topological polar surface area (TPSA) is 125 Å². The minimum atomic E-state index is -0.695. The smallest absolute Gasteiger partial charge is 0.272 e. The van der Waals surface area contributed by atoms with E-state index in [2.05, 4.69) is 5.32 Å². The van der Waals surface area contributed by atoms with Crippen LogP contribution in [0.3, 0.4) is 0 Å². The number of aliphatic hydroxyl groups is 2. The van der Waals surface area contributed by atoms with Crippen LogP contribution in [0.25, 0.3) is 0 Å². The van der Waals surface area contributed by atoms with Crippen molar-refractivity contribution in [3.05, 3.63) is 69.3 Å². The van der Waals surface area contributed by atoms with Gasteiger partial charge >= 0.3 is 0 Å². The summed E-state index contributed by atoms with van der Waals surface area (Å²) in [6, 6.07) is 11.5. The summed E-state index contributed by atoms with van der Waals surface area (Å²) < 4.78 is 5.60. The van der Waals surface area contributed by atoms with E-state index in [-0.39, 0.29) is 23.0 Å². The Morgan fingerprint density at radius 1 is 1.03 bits per heavy atom. The van der Waals surface area contributed by atoms with Gasteiger partial charge < -0.3 is 25.4 Å². The predicted octanol–water partition coefficient (Wildman–Crippen LogP) is 3.24. The van der Waals surface area contributed by atoms with E-state index in [4.69, 9.17) is 4.74 Å². The molecule has 0 aliphatic heterocycles. The first-order valence-electron chi connectivity index (χ1n) is 10.6. The van der Waals surface area contributed by atoms with Gasteiger partial charge in [-0.2, -0.15) is 0 Å². The number of benzene rings is 2. The summed E-state index contributed by atoms with van der Waals surface area (Å²) in [4.78, 5) is 10.6. The molecule has 2 rings (SSSR count). The Balaban J connectivity index is 1.48. The number of nitro groups is 1. The van der Waals surface area contributed by atoms with Crippen molar-refractivity contribution in [2.75, 3.05) is 26.3 Å². The fourth-order valence-corrected chi connectivity index (χ4v) is 3.29. The van der Waals surface area contributed by atoms with Gasteiger partial charge in [-0.25, -0.2) is 0 Å². The van der Waals surface area contributed by atoms with Gasteiger partial charge in [0.25, 0.3) is 5.69 Å². The standard InChI is InChI=1S/C23H32N2O6/c26-17-20-15-19(9-10-22(20)27)23(28)16-24-12-5-1-2-6-13-31-14-11-18-7-3-4-8-21(18)25(29)30/h3-4,7-10,15,23-24,26-28H,1-2,5-6,11-14,16-17H2. The molecule has 0 saturated heterocycles. The first kappa shape index (κ1) is 24.7. The zero-order valence-corrected chi connectivity index (χ0v) is 17.7. The molecule has 0 fully saturated rings. The molecular formula is C23H32N2O6. The Hall–Kier alpha value is -2.52. The van der Waals surface area contributed by atoms with Gasteiger partial charge in [-0.3, -0.25) is 10.1 Å². The zero-order chi connectivity index (χ0) is 22.5. The van der Waals surface area contributed by atoms with Crippen molar-refractivity contribution in [3.63, 3.8) is 0 Å². The summed E-state index contributed by atoms with van der Waals surface area (Å²) in [5.74, 6) is 0.0248. The molecule has 31 heavy (non-hydrogen) atoms. The fraction of sp³-hybridized carbons (Fsp3) is 0.478. The Bertz CT molecular complexity index is 814. The normalized spacial score (nSPS) is 12.1. The predicted molar refractivity (Wildman–Crippen MR) is 118 cm³/mol. The maximum absolute atomic E-state index is 11.0. The van der Waals surface area contributed by atoms with E-state index in [9.17, 15) is 25.4 Å². The number of rotatable bonds is 15. The third kappa shape index (κ3) is 8.63. The number of hydrogen-bond donors (Lipinski definition) is 4. The van der Waals surface area contributed by atoms with E-state index in [1.807, 2.05) is 0 Å². The van der Waals surface area contributed by atoms with Crippen molar-refractivity contribution in [1.29, 1.82) is 0 Å². The molecule has 0 aliphatic carbocycles. The van der Waals surface area contributed by atoms with Gasteiger partial charge in [-0.15, -0.1) is 0 Å². The van der Waals surface area contributed by atoms with Crippen LogP contribution in [-0.2, 0) is 17.8 Å². The van der Waals surface area contributed by atoms with Crippen molar-refractivity contribution in [3.8, 4) is 5.75 Å². The van der Waals surface area contributed by atoms with Crippen LogP contribution in [0.1, 0.15) is 48.5 Å². The lowest BCUT2D eigenvalue weighted by Gasteiger charge is -2.14. The Labute approximate surface area is 182 Å². The minimum Gasteiger partial charge on any atom is -0.508 e. The molecule has 0 spiro atoms. The molecule has 4 N–H and O–H groups in total. The molecule has 0 saturated carbocycles. The van der Waals surface area contributed by atoms with Crippen LogP contribution >= 0.6 is 0 Å². The second-order valence-electron chi connectivity index (χ2n) is 7.43. The van der Waals surface area contributed by atoms with E-state index in [0.29, 0.717) is 42.9 Å². The van der Waals surface area contributed by atoms with Crippen molar-refractivity contribution in [2.24, 2.45) is 0 Å². The number of aromatic hydroxyl groups is 1. The van der Waals surface area contributed by atoms with E-state index >= 15 is 0 Å². The third-order valence-electron chi connectivity index (χ3n) is 5.09. The van der Waals surface area contributed by atoms with Gasteiger partial charge in [0.15, 0.2) is 0 Å². The quantitative estimate of drug-likeness (QED) is 0.193. The molecule has 8 heteroatoms. The minimum absolute atomic E-state index is 0.0248. The zero-order valence-electron chi connectivity index (χ0n) is 17.7. The summed E-state index contributed by atoms with van der Waals surface area (Å²) in [5.41, 5.74) is 1.90. The molecule has 1 atom stereocenters. The van der Waals surface area contributed by atoms with Crippen molar-refractivity contribution in [1.82, 2.24) is 5.32 Å². The third-order valence-corrected chi connectivity index (χ3v) is 5.09. The van der Waals surface area contributed by atoms with Crippen LogP contribution in [0.4, 0.5) is 5.69 Å². The molecule has 0 aliphatic rings. The number of ether oxygens (including phenoxy) is 1. The highest BCUT2D eigenvalue weighted by molar-refractivity contribution is 5.39. The van der Waals surface area contributed by atoms with Crippen LogP contribution in [0.5, 0.6) is 5.75 Å². The molecule has 0 amide bonds. The second-order valence-corrected chi connectivity index (χ2v) is 7.43. The summed E-state index contributed by atoms with van der Waals surface area (Å²) in [5, 5.41) is 43.2. The molecule has 2 aromatic carbocycles. The molecule has 1 unspecified atom stereocenters. The van der Waals surface area contributed by atoms with Gasteiger partial charge in [-0.1, -0.05) is 37.1 Å². The summed E-state index contributed by atoms with van der Waals surface area (Å²) >= 11 is 0. The SMILES string of the molecule is O=[N+]([O-])c1ccccc1CCOCCCCCCNCC(O)c1ccc(O)c(CO)c1. The van der Waals surface area contributed by atoms with Crippen LogP contribution in [0, 0.1) is 10.1 Å². The lowest BCUT2D eigenvalue weighted by atomic mass is 10.1. The highest BCUT2D eigenvalue weighted by Gasteiger charge is 2.12. The summed E-state index contributed by atoms with van der Waals surface area (Å²) in [6.45, 7) is 2.04. The van der Waals surface area contributed by atoms with E-state index in [1.54, 1.807) is 30.3 Å². The van der Waals surface area contributed by atoms with Gasteiger partial charge in [0.2, 0.25) is 0 Å². The van der Waals surface area contributed by atoms with Gasteiger partial charge in [0, 0.05) is 36.8 Å². The van der Waals surface area contributed by atoms with Crippen molar-refractivity contribution in [2.45, 2.75) is 44.8 Å². The first-order chi connectivity index (χ1) is 15.0. The maximum atomic E-state index is 11.0. The largest absolute Gasteiger partial charge is 0.508 e. The highest BCUT2D eigenvalue weighted by Crippen LogP contribution is 2.22. The van der Waals surface area contributed by atoms with Gasteiger partial charge in [0.1, 0.15) is 5.75 Å². The molecule has 0 bridgehead atoms. The Morgan fingerprint density at radius 2 is 1.81 bits per heavy atom. The van der Waals surface area contributed by atoms with Crippen LogP contribution in [-0.4, -0.2) is 46.5 Å². The molecule has 8 nitrogen and oxygen atoms in total. The number of para-hydroxylation sites is 1.